The molecule has 1 saturated heterocycles. The normalized spacial score (nSPS) is 21.9. The number of rotatable bonds is 5. The van der Waals surface area contributed by atoms with Crippen LogP contribution in [0.1, 0.15) is 19.3 Å². The van der Waals surface area contributed by atoms with Crippen LogP contribution in [0.4, 0.5) is 11.4 Å². The number of anilines is 1. The SMILES string of the molecule is O=C1C[C@H](NCC2CC2)C(=O)N1c1ccc([N+](=O)[O-])cc1. The molecule has 110 valence electrons. The summed E-state index contributed by atoms with van der Waals surface area (Å²) in [5, 5.41) is 13.7. The lowest BCUT2D eigenvalue weighted by molar-refractivity contribution is -0.384. The lowest BCUT2D eigenvalue weighted by Crippen LogP contribution is -2.39. The van der Waals surface area contributed by atoms with E-state index in [1.54, 1.807) is 0 Å². The molecule has 3 rings (SSSR count). The molecule has 2 amide bonds. The van der Waals surface area contributed by atoms with Crippen LogP contribution in [0, 0.1) is 16.0 Å². The number of carbonyl (C=O) groups is 2. The molecule has 1 aromatic carbocycles. The van der Waals surface area contributed by atoms with Crippen LogP contribution in [0.5, 0.6) is 0 Å². The van der Waals surface area contributed by atoms with Crippen LogP contribution in [-0.4, -0.2) is 29.3 Å². The van der Waals surface area contributed by atoms with Crippen molar-refractivity contribution in [3.05, 3.63) is 34.4 Å². The molecule has 0 unspecified atom stereocenters. The van der Waals surface area contributed by atoms with E-state index in [0.717, 1.165) is 11.4 Å². The number of non-ortho nitro benzene ring substituents is 1. The molecule has 0 aromatic heterocycles. The van der Waals surface area contributed by atoms with Crippen LogP contribution in [0.15, 0.2) is 24.3 Å². The second-order valence-electron chi connectivity index (χ2n) is 5.45. The van der Waals surface area contributed by atoms with Crippen molar-refractivity contribution in [3.63, 3.8) is 0 Å². The molecule has 1 aliphatic carbocycles. The van der Waals surface area contributed by atoms with Gasteiger partial charge in [0.25, 0.3) is 11.6 Å². The summed E-state index contributed by atoms with van der Waals surface area (Å²) in [5.74, 6) is 0.0676. The summed E-state index contributed by atoms with van der Waals surface area (Å²) in [6.45, 7) is 0.762. The van der Waals surface area contributed by atoms with E-state index in [1.165, 1.54) is 37.1 Å². The zero-order chi connectivity index (χ0) is 15.0. The molecule has 1 heterocycles. The molecule has 1 atom stereocenters. The number of hydrogen-bond acceptors (Lipinski definition) is 5. The van der Waals surface area contributed by atoms with Gasteiger partial charge >= 0.3 is 0 Å². The second-order valence-corrected chi connectivity index (χ2v) is 5.45. The maximum atomic E-state index is 12.3. The lowest BCUT2D eigenvalue weighted by Gasteiger charge is -2.15. The smallest absolute Gasteiger partial charge is 0.269 e. The minimum absolute atomic E-state index is 0.0683. The van der Waals surface area contributed by atoms with Crippen molar-refractivity contribution in [2.24, 2.45) is 5.92 Å². The van der Waals surface area contributed by atoms with Gasteiger partial charge in [0.05, 0.1) is 23.1 Å². The molecule has 1 N–H and O–H groups in total. The standard InChI is InChI=1S/C14H15N3O4/c18-13-7-12(15-8-9-1-2-9)14(19)16(13)10-3-5-11(6-4-10)17(20)21/h3-6,9,12,15H,1-2,7-8H2/t12-/m0/s1. The molecule has 0 radical (unpaired) electrons. The molecule has 2 aliphatic rings. The van der Waals surface area contributed by atoms with Crippen LogP contribution in [0.2, 0.25) is 0 Å². The maximum Gasteiger partial charge on any atom is 0.269 e. The summed E-state index contributed by atoms with van der Waals surface area (Å²) in [6.07, 6.45) is 2.49. The Labute approximate surface area is 121 Å². The van der Waals surface area contributed by atoms with Gasteiger partial charge in [0.2, 0.25) is 5.91 Å². The van der Waals surface area contributed by atoms with E-state index >= 15 is 0 Å². The third-order valence-corrected chi connectivity index (χ3v) is 3.82. The molecule has 1 aromatic rings. The van der Waals surface area contributed by atoms with Gasteiger partial charge in [-0.3, -0.25) is 19.7 Å². The first kappa shape index (κ1) is 13.7. The number of nitrogens with zero attached hydrogens (tertiary/aromatic N) is 2. The number of nitro benzene ring substituents is 1. The third kappa shape index (κ3) is 2.78. The van der Waals surface area contributed by atoms with E-state index in [1.807, 2.05) is 0 Å². The number of nitrogens with one attached hydrogen (secondary N) is 1. The van der Waals surface area contributed by atoms with Crippen LogP contribution in [0.25, 0.3) is 0 Å². The Morgan fingerprint density at radius 2 is 1.90 bits per heavy atom. The van der Waals surface area contributed by atoms with Crippen molar-refractivity contribution in [3.8, 4) is 0 Å². The monoisotopic (exact) mass is 289 g/mol. The summed E-state index contributed by atoms with van der Waals surface area (Å²) < 4.78 is 0. The Morgan fingerprint density at radius 1 is 1.24 bits per heavy atom. The van der Waals surface area contributed by atoms with E-state index in [9.17, 15) is 19.7 Å². The zero-order valence-corrected chi connectivity index (χ0v) is 11.3. The second kappa shape index (κ2) is 5.25. The summed E-state index contributed by atoms with van der Waals surface area (Å²) >= 11 is 0. The molecule has 1 saturated carbocycles. The van der Waals surface area contributed by atoms with E-state index in [0.29, 0.717) is 11.6 Å². The third-order valence-electron chi connectivity index (χ3n) is 3.82. The Morgan fingerprint density at radius 3 is 2.48 bits per heavy atom. The molecule has 1 aliphatic heterocycles. The highest BCUT2D eigenvalue weighted by Crippen LogP contribution is 2.29. The molecule has 21 heavy (non-hydrogen) atoms. The average Bonchev–Trinajstić information content (AvgIpc) is 3.23. The predicted molar refractivity (Wildman–Crippen MR) is 74.7 cm³/mol. The Hall–Kier alpha value is -2.28. The molecular formula is C14H15N3O4. The largest absolute Gasteiger partial charge is 0.305 e. The fraction of sp³-hybridized carbons (Fsp3) is 0.429. The van der Waals surface area contributed by atoms with Gasteiger partial charge in [0.15, 0.2) is 0 Å². The zero-order valence-electron chi connectivity index (χ0n) is 11.3. The predicted octanol–water partition coefficient (Wildman–Crippen LogP) is 1.23. The van der Waals surface area contributed by atoms with Crippen LogP contribution in [-0.2, 0) is 9.59 Å². The number of hydrogen-bond donors (Lipinski definition) is 1. The van der Waals surface area contributed by atoms with Crippen LogP contribution in [0.3, 0.4) is 0 Å². The van der Waals surface area contributed by atoms with Gasteiger partial charge in [-0.1, -0.05) is 0 Å². The van der Waals surface area contributed by atoms with Gasteiger partial charge in [-0.05, 0) is 37.4 Å². The Kier molecular flexibility index (Phi) is 3.42. The van der Waals surface area contributed by atoms with E-state index < -0.39 is 11.0 Å². The number of imide groups is 1. The minimum Gasteiger partial charge on any atom is -0.305 e. The van der Waals surface area contributed by atoms with Crippen LogP contribution < -0.4 is 10.2 Å². The average molecular weight is 289 g/mol. The van der Waals surface area contributed by atoms with E-state index in [4.69, 9.17) is 0 Å². The van der Waals surface area contributed by atoms with Gasteiger partial charge < -0.3 is 5.32 Å². The summed E-state index contributed by atoms with van der Waals surface area (Å²) in [7, 11) is 0. The van der Waals surface area contributed by atoms with Crippen molar-refractivity contribution in [1.29, 1.82) is 0 Å². The number of benzene rings is 1. The van der Waals surface area contributed by atoms with E-state index in [2.05, 4.69) is 5.32 Å². The molecule has 0 spiro atoms. The molecule has 7 heteroatoms. The van der Waals surface area contributed by atoms with Gasteiger partial charge in [-0.2, -0.15) is 0 Å². The molecule has 2 fully saturated rings. The highest BCUT2D eigenvalue weighted by Gasteiger charge is 2.40. The van der Waals surface area contributed by atoms with Gasteiger partial charge in [0, 0.05) is 12.1 Å². The van der Waals surface area contributed by atoms with Gasteiger partial charge in [-0.25, -0.2) is 4.90 Å². The summed E-state index contributed by atoms with van der Waals surface area (Å²) in [6, 6.07) is 4.96. The van der Waals surface area contributed by atoms with Crippen molar-refractivity contribution >= 4 is 23.2 Å². The number of carbonyl (C=O) groups excluding carboxylic acids is 2. The Balaban J connectivity index is 1.72. The maximum absolute atomic E-state index is 12.3. The summed E-state index contributed by atoms with van der Waals surface area (Å²) in [4.78, 5) is 35.5. The first-order valence-corrected chi connectivity index (χ1v) is 6.91. The minimum atomic E-state index is -0.516. The number of nitro groups is 1. The van der Waals surface area contributed by atoms with Gasteiger partial charge in [0.1, 0.15) is 0 Å². The molecular weight excluding hydrogens is 274 g/mol. The quantitative estimate of drug-likeness (QED) is 0.500. The topological polar surface area (TPSA) is 92.6 Å². The first-order valence-electron chi connectivity index (χ1n) is 6.91. The lowest BCUT2D eigenvalue weighted by atomic mass is 10.2. The Bertz CT molecular complexity index is 595. The van der Waals surface area contributed by atoms with Crippen molar-refractivity contribution in [2.45, 2.75) is 25.3 Å². The number of amides is 2. The van der Waals surface area contributed by atoms with Crippen molar-refractivity contribution in [1.82, 2.24) is 5.32 Å². The fourth-order valence-electron chi connectivity index (χ4n) is 2.42. The summed E-state index contributed by atoms with van der Waals surface area (Å²) in [5.41, 5.74) is 0.313. The fourth-order valence-corrected chi connectivity index (χ4v) is 2.42. The molecule has 0 bridgehead atoms. The highest BCUT2D eigenvalue weighted by atomic mass is 16.6. The van der Waals surface area contributed by atoms with Gasteiger partial charge in [-0.15, -0.1) is 0 Å². The molecule has 7 nitrogen and oxygen atoms in total. The first-order chi connectivity index (χ1) is 10.1. The van der Waals surface area contributed by atoms with E-state index in [-0.39, 0.29) is 23.9 Å². The van der Waals surface area contributed by atoms with Crippen LogP contribution >= 0.6 is 0 Å². The van der Waals surface area contributed by atoms with Crippen molar-refractivity contribution in [2.75, 3.05) is 11.4 Å². The highest BCUT2D eigenvalue weighted by molar-refractivity contribution is 6.22. The van der Waals surface area contributed by atoms with Crippen molar-refractivity contribution < 1.29 is 14.5 Å².